The normalized spacial score (nSPS) is 11.3. The number of hydrogen-bond acceptors (Lipinski definition) is 4. The Hall–Kier alpha value is -3.42. The van der Waals surface area contributed by atoms with Crippen LogP contribution in [0.4, 0.5) is 24.5 Å². The van der Waals surface area contributed by atoms with Crippen molar-refractivity contribution in [3.8, 4) is 17.1 Å². The number of nitrogens with two attached hydrogens (primary N) is 1. The van der Waals surface area contributed by atoms with Gasteiger partial charge in [-0.1, -0.05) is 12.1 Å². The average Bonchev–Trinajstić information content (AvgIpc) is 3.14. The van der Waals surface area contributed by atoms with E-state index >= 15 is 0 Å². The maximum Gasteiger partial charge on any atom is 0.416 e. The van der Waals surface area contributed by atoms with Gasteiger partial charge in [0.05, 0.1) is 23.5 Å². The lowest BCUT2D eigenvalue weighted by molar-refractivity contribution is -0.137. The van der Waals surface area contributed by atoms with Crippen LogP contribution in [0.15, 0.2) is 59.0 Å². The van der Waals surface area contributed by atoms with Gasteiger partial charge in [0.15, 0.2) is 5.76 Å². The van der Waals surface area contributed by atoms with Crippen molar-refractivity contribution in [2.45, 2.75) is 13.1 Å². The molecule has 3 rings (SSSR count). The molecule has 0 radical (unpaired) electrons. The fourth-order valence-corrected chi connectivity index (χ4v) is 2.56. The van der Waals surface area contributed by atoms with Gasteiger partial charge in [-0.05, 0) is 43.3 Å². The van der Waals surface area contributed by atoms with Crippen molar-refractivity contribution in [2.24, 2.45) is 0 Å². The second-order valence-corrected chi connectivity index (χ2v) is 5.88. The molecule has 1 aromatic heterocycles. The molecule has 0 bridgehead atoms. The van der Waals surface area contributed by atoms with Gasteiger partial charge in [-0.3, -0.25) is 4.79 Å². The molecule has 0 aliphatic rings. The van der Waals surface area contributed by atoms with E-state index in [0.29, 0.717) is 23.7 Å². The number of furan rings is 1. The van der Waals surface area contributed by atoms with Gasteiger partial charge in [0.2, 0.25) is 0 Å². The second-order valence-electron chi connectivity index (χ2n) is 5.88. The first-order chi connectivity index (χ1) is 13.3. The Labute approximate surface area is 158 Å². The molecule has 28 heavy (non-hydrogen) atoms. The first-order valence-electron chi connectivity index (χ1n) is 8.39. The molecule has 8 heteroatoms. The summed E-state index contributed by atoms with van der Waals surface area (Å²) >= 11 is 0. The smallest absolute Gasteiger partial charge is 0.416 e. The lowest BCUT2D eigenvalue weighted by atomic mass is 10.1. The van der Waals surface area contributed by atoms with Crippen LogP contribution in [0.5, 0.6) is 5.75 Å². The number of rotatable bonds is 5. The Morgan fingerprint density at radius 1 is 1.14 bits per heavy atom. The number of alkyl halides is 3. The number of amides is 1. The van der Waals surface area contributed by atoms with Gasteiger partial charge in [0.1, 0.15) is 11.5 Å². The van der Waals surface area contributed by atoms with Crippen LogP contribution in [0.3, 0.4) is 0 Å². The van der Waals surface area contributed by atoms with E-state index in [2.05, 4.69) is 5.32 Å². The number of halogens is 3. The van der Waals surface area contributed by atoms with Crippen molar-refractivity contribution < 1.29 is 27.1 Å². The Morgan fingerprint density at radius 3 is 2.61 bits per heavy atom. The van der Waals surface area contributed by atoms with Crippen molar-refractivity contribution in [1.29, 1.82) is 0 Å². The topological polar surface area (TPSA) is 77.5 Å². The van der Waals surface area contributed by atoms with Gasteiger partial charge in [0, 0.05) is 11.6 Å². The minimum absolute atomic E-state index is 0.0549. The molecule has 5 nitrogen and oxygen atoms in total. The highest BCUT2D eigenvalue weighted by molar-refractivity contribution is 6.04. The summed E-state index contributed by atoms with van der Waals surface area (Å²) in [4.78, 5) is 12.4. The summed E-state index contributed by atoms with van der Waals surface area (Å²) in [5, 5.41) is 2.60. The molecule has 0 aliphatic heterocycles. The summed E-state index contributed by atoms with van der Waals surface area (Å²) in [5.74, 6) is 0.0912. The summed E-state index contributed by atoms with van der Waals surface area (Å²) in [6, 6.07) is 12.3. The van der Waals surface area contributed by atoms with Crippen molar-refractivity contribution in [3.05, 3.63) is 65.9 Å². The number of nitrogen functional groups attached to an aromatic ring is 1. The van der Waals surface area contributed by atoms with E-state index in [4.69, 9.17) is 14.9 Å². The zero-order valence-corrected chi connectivity index (χ0v) is 14.8. The Balaban J connectivity index is 1.78. The average molecular weight is 390 g/mol. The van der Waals surface area contributed by atoms with Crippen LogP contribution < -0.4 is 15.8 Å². The highest BCUT2D eigenvalue weighted by Crippen LogP contribution is 2.33. The number of benzene rings is 2. The monoisotopic (exact) mass is 390 g/mol. The van der Waals surface area contributed by atoms with Crippen molar-refractivity contribution in [3.63, 3.8) is 0 Å². The number of anilines is 2. The molecular formula is C20H17F3N2O3. The van der Waals surface area contributed by atoms with E-state index in [0.717, 1.165) is 12.1 Å². The molecule has 3 N–H and O–H groups in total. The van der Waals surface area contributed by atoms with Crippen LogP contribution in [-0.2, 0) is 6.18 Å². The van der Waals surface area contributed by atoms with Crippen LogP contribution in [-0.4, -0.2) is 12.5 Å². The summed E-state index contributed by atoms with van der Waals surface area (Å²) < 4.78 is 49.3. The number of nitrogens with one attached hydrogen (secondary N) is 1. The summed E-state index contributed by atoms with van der Waals surface area (Å²) in [7, 11) is 0. The Bertz CT molecular complexity index is 996. The highest BCUT2D eigenvalue weighted by Gasteiger charge is 2.30. The molecule has 0 atom stereocenters. The Kier molecular flexibility index (Phi) is 5.30. The number of ether oxygens (including phenoxy) is 1. The molecule has 0 saturated heterocycles. The Morgan fingerprint density at radius 2 is 1.93 bits per heavy atom. The third-order valence-corrected chi connectivity index (χ3v) is 3.89. The molecule has 146 valence electrons. The minimum atomic E-state index is -4.46. The summed E-state index contributed by atoms with van der Waals surface area (Å²) in [5.41, 5.74) is 6.00. The predicted octanol–water partition coefficient (Wildman–Crippen LogP) is 5.20. The SMILES string of the molecule is CCOc1ccc(NC(=O)c2ccc(-c3cccc(C(F)(F)F)c3)o2)c(N)c1. The van der Waals surface area contributed by atoms with Gasteiger partial charge in [-0.25, -0.2) is 0 Å². The van der Waals surface area contributed by atoms with E-state index in [9.17, 15) is 18.0 Å². The lowest BCUT2D eigenvalue weighted by Gasteiger charge is -2.09. The van der Waals surface area contributed by atoms with E-state index in [1.165, 1.54) is 24.3 Å². The van der Waals surface area contributed by atoms with Crippen LogP contribution in [0.25, 0.3) is 11.3 Å². The van der Waals surface area contributed by atoms with Gasteiger partial charge in [0.25, 0.3) is 5.91 Å². The molecular weight excluding hydrogens is 373 g/mol. The zero-order valence-electron chi connectivity index (χ0n) is 14.8. The molecule has 1 amide bonds. The quantitative estimate of drug-likeness (QED) is 0.587. The summed E-state index contributed by atoms with van der Waals surface area (Å²) in [6.07, 6.45) is -4.46. The van der Waals surface area contributed by atoms with E-state index in [-0.39, 0.29) is 17.1 Å². The van der Waals surface area contributed by atoms with Crippen molar-refractivity contribution in [1.82, 2.24) is 0 Å². The lowest BCUT2D eigenvalue weighted by Crippen LogP contribution is -2.12. The molecule has 0 unspecified atom stereocenters. The largest absolute Gasteiger partial charge is 0.494 e. The standard InChI is InChI=1S/C20H17F3N2O3/c1-2-27-14-6-7-16(15(24)11-14)25-19(26)18-9-8-17(28-18)12-4-3-5-13(10-12)20(21,22)23/h3-11H,2,24H2,1H3,(H,25,26). The van der Waals surface area contributed by atoms with Gasteiger partial charge >= 0.3 is 6.18 Å². The fourth-order valence-electron chi connectivity index (χ4n) is 2.56. The molecule has 0 spiro atoms. The van der Waals surface area contributed by atoms with Crippen molar-refractivity contribution >= 4 is 17.3 Å². The first kappa shape index (κ1) is 19.3. The third-order valence-electron chi connectivity index (χ3n) is 3.89. The zero-order chi connectivity index (χ0) is 20.3. The van der Waals surface area contributed by atoms with Gasteiger partial charge in [-0.2, -0.15) is 13.2 Å². The molecule has 3 aromatic rings. The molecule has 2 aromatic carbocycles. The molecule has 0 aliphatic carbocycles. The van der Waals surface area contributed by atoms with Crippen molar-refractivity contribution in [2.75, 3.05) is 17.7 Å². The van der Waals surface area contributed by atoms with E-state index in [1.54, 1.807) is 18.2 Å². The maximum atomic E-state index is 12.9. The fraction of sp³-hybridized carbons (Fsp3) is 0.150. The highest BCUT2D eigenvalue weighted by atomic mass is 19.4. The number of hydrogen-bond donors (Lipinski definition) is 2. The maximum absolute atomic E-state index is 12.9. The molecule has 0 saturated carbocycles. The van der Waals surface area contributed by atoms with Gasteiger partial charge in [-0.15, -0.1) is 0 Å². The van der Waals surface area contributed by atoms with E-state index < -0.39 is 17.6 Å². The molecule has 1 heterocycles. The van der Waals surface area contributed by atoms with Crippen LogP contribution in [0.1, 0.15) is 23.0 Å². The molecule has 0 fully saturated rings. The van der Waals surface area contributed by atoms with Crippen LogP contribution >= 0.6 is 0 Å². The second kappa shape index (κ2) is 7.67. The first-order valence-corrected chi connectivity index (χ1v) is 8.39. The number of carbonyl (C=O) groups is 1. The number of carbonyl (C=O) groups excluding carboxylic acids is 1. The van der Waals surface area contributed by atoms with Crippen LogP contribution in [0.2, 0.25) is 0 Å². The summed E-state index contributed by atoms with van der Waals surface area (Å²) in [6.45, 7) is 2.32. The third kappa shape index (κ3) is 4.28. The van der Waals surface area contributed by atoms with Crippen LogP contribution in [0, 0.1) is 0 Å². The van der Waals surface area contributed by atoms with E-state index in [1.807, 2.05) is 6.92 Å². The predicted molar refractivity (Wildman–Crippen MR) is 99.1 cm³/mol. The minimum Gasteiger partial charge on any atom is -0.494 e. The van der Waals surface area contributed by atoms with Gasteiger partial charge < -0.3 is 20.2 Å².